The van der Waals surface area contributed by atoms with Crippen molar-refractivity contribution in [1.29, 1.82) is 0 Å². The summed E-state index contributed by atoms with van der Waals surface area (Å²) in [6, 6.07) is 9.95. The van der Waals surface area contributed by atoms with E-state index in [2.05, 4.69) is 31.9 Å². The first-order chi connectivity index (χ1) is 9.10. The fourth-order valence-electron chi connectivity index (χ4n) is 1.53. The zero-order valence-electron chi connectivity index (χ0n) is 10.1. The van der Waals surface area contributed by atoms with Gasteiger partial charge in [0.25, 0.3) is 0 Å². The van der Waals surface area contributed by atoms with Crippen LogP contribution in [0.1, 0.15) is 5.56 Å². The van der Waals surface area contributed by atoms with E-state index < -0.39 is 0 Å². The van der Waals surface area contributed by atoms with Gasteiger partial charge in [0, 0.05) is 16.1 Å². The molecule has 0 aliphatic rings. The molecule has 0 spiro atoms. The Kier molecular flexibility index (Phi) is 4.82. The molecular formula is C14H11Br2FO2. The molecule has 0 heterocycles. The van der Waals surface area contributed by atoms with Crippen LogP contribution in [0.25, 0.3) is 0 Å². The van der Waals surface area contributed by atoms with Gasteiger partial charge in [0.15, 0.2) is 0 Å². The van der Waals surface area contributed by atoms with E-state index in [1.54, 1.807) is 13.2 Å². The third kappa shape index (κ3) is 3.70. The first-order valence-electron chi connectivity index (χ1n) is 5.50. The number of halogens is 3. The molecule has 19 heavy (non-hydrogen) atoms. The maximum atomic E-state index is 13.1. The van der Waals surface area contributed by atoms with Crippen LogP contribution in [-0.2, 0) is 6.61 Å². The van der Waals surface area contributed by atoms with Crippen LogP contribution in [0, 0.1) is 5.82 Å². The number of hydrogen-bond acceptors (Lipinski definition) is 2. The Labute approximate surface area is 127 Å². The van der Waals surface area contributed by atoms with E-state index in [4.69, 9.17) is 9.47 Å². The smallest absolute Gasteiger partial charge is 0.136 e. The Bertz CT molecular complexity index is 588. The highest BCUT2D eigenvalue weighted by atomic mass is 79.9. The molecule has 0 N–H and O–H groups in total. The normalized spacial score (nSPS) is 10.3. The largest absolute Gasteiger partial charge is 0.497 e. The predicted octanol–water partition coefficient (Wildman–Crippen LogP) is 4.94. The SMILES string of the molecule is COc1ccc(Br)c(COc2cc(F)ccc2Br)c1. The highest BCUT2D eigenvalue weighted by Gasteiger charge is 2.06. The van der Waals surface area contributed by atoms with Gasteiger partial charge >= 0.3 is 0 Å². The summed E-state index contributed by atoms with van der Waals surface area (Å²) in [6.45, 7) is 0.319. The third-order valence-electron chi connectivity index (χ3n) is 2.53. The lowest BCUT2D eigenvalue weighted by atomic mass is 10.2. The molecule has 0 saturated carbocycles. The lowest BCUT2D eigenvalue weighted by Crippen LogP contribution is -1.98. The summed E-state index contributed by atoms with van der Waals surface area (Å²) in [7, 11) is 1.61. The van der Waals surface area contributed by atoms with Crippen LogP contribution in [0.2, 0.25) is 0 Å². The molecule has 0 unspecified atom stereocenters. The van der Waals surface area contributed by atoms with E-state index in [0.717, 1.165) is 15.8 Å². The highest BCUT2D eigenvalue weighted by Crippen LogP contribution is 2.28. The van der Waals surface area contributed by atoms with Crippen molar-refractivity contribution < 1.29 is 13.9 Å². The van der Waals surface area contributed by atoms with Gasteiger partial charge in [0.2, 0.25) is 0 Å². The summed E-state index contributed by atoms with van der Waals surface area (Å²) in [5.41, 5.74) is 0.926. The molecule has 2 nitrogen and oxygen atoms in total. The maximum Gasteiger partial charge on any atom is 0.136 e. The van der Waals surface area contributed by atoms with Crippen molar-refractivity contribution in [3.8, 4) is 11.5 Å². The van der Waals surface area contributed by atoms with E-state index in [0.29, 0.717) is 16.8 Å². The third-order valence-corrected chi connectivity index (χ3v) is 3.96. The number of methoxy groups -OCH3 is 1. The highest BCUT2D eigenvalue weighted by molar-refractivity contribution is 9.10. The van der Waals surface area contributed by atoms with Gasteiger partial charge < -0.3 is 9.47 Å². The van der Waals surface area contributed by atoms with Crippen molar-refractivity contribution >= 4 is 31.9 Å². The molecule has 0 radical (unpaired) electrons. The summed E-state index contributed by atoms with van der Waals surface area (Å²) >= 11 is 6.77. The zero-order chi connectivity index (χ0) is 13.8. The molecule has 0 aromatic heterocycles. The van der Waals surface area contributed by atoms with Crippen LogP contribution in [0.15, 0.2) is 45.3 Å². The van der Waals surface area contributed by atoms with Gasteiger partial charge in [-0.1, -0.05) is 15.9 Å². The van der Waals surface area contributed by atoms with Crippen LogP contribution in [0.5, 0.6) is 11.5 Å². The van der Waals surface area contributed by atoms with E-state index in [1.807, 2.05) is 18.2 Å². The van der Waals surface area contributed by atoms with Gasteiger partial charge in [0.05, 0.1) is 11.6 Å². The molecule has 2 aromatic rings. The fraction of sp³-hybridized carbons (Fsp3) is 0.143. The monoisotopic (exact) mass is 388 g/mol. The number of rotatable bonds is 4. The van der Waals surface area contributed by atoms with Crippen LogP contribution in [-0.4, -0.2) is 7.11 Å². The average molecular weight is 390 g/mol. The maximum absolute atomic E-state index is 13.1. The molecular weight excluding hydrogens is 379 g/mol. The first-order valence-corrected chi connectivity index (χ1v) is 7.09. The Hall–Kier alpha value is -1.07. The standard InChI is InChI=1S/C14H11Br2FO2/c1-18-11-3-5-12(15)9(6-11)8-19-14-7-10(17)2-4-13(14)16/h2-7H,8H2,1H3. The molecule has 0 bridgehead atoms. The van der Waals surface area contributed by atoms with E-state index in [1.165, 1.54) is 12.1 Å². The molecule has 2 aromatic carbocycles. The van der Waals surface area contributed by atoms with Gasteiger partial charge in [-0.3, -0.25) is 0 Å². The van der Waals surface area contributed by atoms with Crippen molar-refractivity contribution in [3.63, 3.8) is 0 Å². The molecule has 0 aliphatic heterocycles. The molecule has 0 aliphatic carbocycles. The van der Waals surface area contributed by atoms with Crippen LogP contribution < -0.4 is 9.47 Å². The predicted molar refractivity (Wildman–Crippen MR) is 79.1 cm³/mol. The minimum Gasteiger partial charge on any atom is -0.497 e. The molecule has 0 atom stereocenters. The summed E-state index contributed by atoms with van der Waals surface area (Å²) in [6.07, 6.45) is 0. The summed E-state index contributed by atoms with van der Waals surface area (Å²) in [5, 5.41) is 0. The van der Waals surface area contributed by atoms with Crippen LogP contribution in [0.4, 0.5) is 4.39 Å². The Balaban J connectivity index is 2.16. The van der Waals surface area contributed by atoms with Gasteiger partial charge in [-0.2, -0.15) is 0 Å². The van der Waals surface area contributed by atoms with Crippen molar-refractivity contribution in [1.82, 2.24) is 0 Å². The second-order valence-electron chi connectivity index (χ2n) is 3.82. The van der Waals surface area contributed by atoms with E-state index in [-0.39, 0.29) is 5.82 Å². The van der Waals surface area contributed by atoms with Crippen molar-refractivity contribution in [2.75, 3.05) is 7.11 Å². The van der Waals surface area contributed by atoms with Gasteiger partial charge in [-0.05, 0) is 46.3 Å². The summed E-state index contributed by atoms with van der Waals surface area (Å²) in [4.78, 5) is 0. The molecule has 0 fully saturated rings. The van der Waals surface area contributed by atoms with Crippen molar-refractivity contribution in [3.05, 3.63) is 56.7 Å². The minimum absolute atomic E-state index is 0.319. The van der Waals surface area contributed by atoms with Gasteiger partial charge in [0.1, 0.15) is 23.9 Å². The Morgan fingerprint density at radius 3 is 2.53 bits per heavy atom. The van der Waals surface area contributed by atoms with Crippen molar-refractivity contribution in [2.24, 2.45) is 0 Å². The lowest BCUT2D eigenvalue weighted by Gasteiger charge is -2.11. The first kappa shape index (κ1) is 14.3. The average Bonchev–Trinajstić information content (AvgIpc) is 2.41. The Morgan fingerprint density at radius 1 is 1.05 bits per heavy atom. The molecule has 0 saturated heterocycles. The lowest BCUT2D eigenvalue weighted by molar-refractivity contribution is 0.301. The van der Waals surface area contributed by atoms with Gasteiger partial charge in [-0.15, -0.1) is 0 Å². The van der Waals surface area contributed by atoms with Gasteiger partial charge in [-0.25, -0.2) is 4.39 Å². The molecule has 5 heteroatoms. The minimum atomic E-state index is -0.331. The second kappa shape index (κ2) is 6.39. The number of ether oxygens (including phenoxy) is 2. The van der Waals surface area contributed by atoms with Crippen molar-refractivity contribution in [2.45, 2.75) is 6.61 Å². The van der Waals surface area contributed by atoms with Crippen LogP contribution in [0.3, 0.4) is 0 Å². The molecule has 100 valence electrons. The fourth-order valence-corrected chi connectivity index (χ4v) is 2.25. The number of hydrogen-bond donors (Lipinski definition) is 0. The topological polar surface area (TPSA) is 18.5 Å². The van der Waals surface area contributed by atoms with E-state index >= 15 is 0 Å². The molecule has 0 amide bonds. The number of benzene rings is 2. The quantitative estimate of drug-likeness (QED) is 0.737. The van der Waals surface area contributed by atoms with E-state index in [9.17, 15) is 4.39 Å². The molecule has 2 rings (SSSR count). The van der Waals surface area contributed by atoms with Crippen LogP contribution >= 0.6 is 31.9 Å². The Morgan fingerprint density at radius 2 is 1.79 bits per heavy atom. The second-order valence-corrected chi connectivity index (χ2v) is 5.53. The zero-order valence-corrected chi connectivity index (χ0v) is 13.3. The summed E-state index contributed by atoms with van der Waals surface area (Å²) in [5.74, 6) is 0.887. The summed E-state index contributed by atoms with van der Waals surface area (Å²) < 4.78 is 25.5.